The molecule has 0 saturated carbocycles. The third-order valence-corrected chi connectivity index (χ3v) is 2.64. The Kier molecular flexibility index (Phi) is 3.88. The maximum absolute atomic E-state index is 13.5. The standard InChI is InChI=1S/C12H16FNO2/c1-7-6-9(4-5-10(15)16-3)12(14)8(2)11(7)13/h6H,4-5,14H2,1-3H3. The number of nitrogen functional groups attached to an aromatic ring is 1. The fourth-order valence-corrected chi connectivity index (χ4v) is 1.60. The molecule has 0 unspecified atom stereocenters. The summed E-state index contributed by atoms with van der Waals surface area (Å²) in [5.74, 6) is -0.571. The summed E-state index contributed by atoms with van der Waals surface area (Å²) in [5.41, 5.74) is 8.00. The molecule has 0 aliphatic heterocycles. The van der Waals surface area contributed by atoms with Crippen LogP contribution >= 0.6 is 0 Å². The van der Waals surface area contributed by atoms with Crippen LogP contribution in [0.1, 0.15) is 23.1 Å². The molecule has 0 aliphatic carbocycles. The molecule has 1 aromatic carbocycles. The molecule has 0 amide bonds. The van der Waals surface area contributed by atoms with E-state index < -0.39 is 0 Å². The van der Waals surface area contributed by atoms with Gasteiger partial charge in [0.1, 0.15) is 5.82 Å². The number of aryl methyl sites for hydroxylation is 2. The third-order valence-electron chi connectivity index (χ3n) is 2.64. The number of nitrogens with two attached hydrogens (primary N) is 1. The van der Waals surface area contributed by atoms with Gasteiger partial charge in [0.25, 0.3) is 0 Å². The van der Waals surface area contributed by atoms with Crippen molar-refractivity contribution < 1.29 is 13.9 Å². The van der Waals surface area contributed by atoms with E-state index in [4.69, 9.17) is 5.73 Å². The summed E-state index contributed by atoms with van der Waals surface area (Å²) in [6.07, 6.45) is 0.728. The lowest BCUT2D eigenvalue weighted by atomic mass is 10.00. The first-order valence-electron chi connectivity index (χ1n) is 5.08. The van der Waals surface area contributed by atoms with E-state index in [-0.39, 0.29) is 18.2 Å². The van der Waals surface area contributed by atoms with Crippen LogP contribution in [0.5, 0.6) is 0 Å². The first-order chi connectivity index (χ1) is 7.47. The molecule has 0 atom stereocenters. The van der Waals surface area contributed by atoms with Crippen LogP contribution in [-0.2, 0) is 16.0 Å². The van der Waals surface area contributed by atoms with Gasteiger partial charge < -0.3 is 10.5 Å². The maximum atomic E-state index is 13.5. The Morgan fingerprint density at radius 1 is 1.50 bits per heavy atom. The SMILES string of the molecule is COC(=O)CCc1cc(C)c(F)c(C)c1N. The number of rotatable bonds is 3. The average Bonchev–Trinajstić information content (AvgIpc) is 2.28. The van der Waals surface area contributed by atoms with Crippen molar-refractivity contribution in [2.75, 3.05) is 12.8 Å². The molecule has 0 fully saturated rings. The zero-order valence-corrected chi connectivity index (χ0v) is 9.76. The fourth-order valence-electron chi connectivity index (χ4n) is 1.60. The minimum Gasteiger partial charge on any atom is -0.469 e. The molecular formula is C12H16FNO2. The van der Waals surface area contributed by atoms with E-state index in [0.29, 0.717) is 23.2 Å². The first kappa shape index (κ1) is 12.5. The highest BCUT2D eigenvalue weighted by Gasteiger charge is 2.11. The molecule has 0 aromatic heterocycles. The number of methoxy groups -OCH3 is 1. The molecule has 0 saturated heterocycles. The predicted octanol–water partition coefficient (Wildman–Crippen LogP) is 2.13. The largest absolute Gasteiger partial charge is 0.469 e. The van der Waals surface area contributed by atoms with Crippen molar-refractivity contribution >= 4 is 11.7 Å². The first-order valence-corrected chi connectivity index (χ1v) is 5.08. The van der Waals surface area contributed by atoms with Gasteiger partial charge in [-0.15, -0.1) is 0 Å². The van der Waals surface area contributed by atoms with E-state index in [0.717, 1.165) is 5.56 Å². The summed E-state index contributed by atoms with van der Waals surface area (Å²) in [7, 11) is 1.34. The van der Waals surface area contributed by atoms with Crippen molar-refractivity contribution in [3.05, 3.63) is 28.6 Å². The van der Waals surface area contributed by atoms with Gasteiger partial charge in [0.05, 0.1) is 7.11 Å². The Bertz CT molecular complexity index is 416. The topological polar surface area (TPSA) is 52.3 Å². The summed E-state index contributed by atoms with van der Waals surface area (Å²) < 4.78 is 18.0. The van der Waals surface area contributed by atoms with Crippen LogP contribution in [-0.4, -0.2) is 13.1 Å². The van der Waals surface area contributed by atoms with E-state index in [1.54, 1.807) is 19.9 Å². The summed E-state index contributed by atoms with van der Waals surface area (Å²) in [4.78, 5) is 11.0. The number of benzene rings is 1. The van der Waals surface area contributed by atoms with Crippen LogP contribution in [0.25, 0.3) is 0 Å². The van der Waals surface area contributed by atoms with Crippen molar-refractivity contribution in [2.24, 2.45) is 0 Å². The van der Waals surface area contributed by atoms with Gasteiger partial charge in [-0.2, -0.15) is 0 Å². The predicted molar refractivity (Wildman–Crippen MR) is 60.6 cm³/mol. The van der Waals surface area contributed by atoms with Crippen LogP contribution in [0.3, 0.4) is 0 Å². The molecule has 0 aliphatic rings. The quantitative estimate of drug-likeness (QED) is 0.633. The van der Waals surface area contributed by atoms with Gasteiger partial charge in [-0.05, 0) is 31.4 Å². The van der Waals surface area contributed by atoms with E-state index in [1.807, 2.05) is 0 Å². The highest BCUT2D eigenvalue weighted by Crippen LogP contribution is 2.24. The molecule has 4 heteroatoms. The Hall–Kier alpha value is -1.58. The molecular weight excluding hydrogens is 209 g/mol. The molecule has 0 heterocycles. The van der Waals surface area contributed by atoms with Crippen molar-refractivity contribution in [3.8, 4) is 0 Å². The molecule has 0 radical (unpaired) electrons. The maximum Gasteiger partial charge on any atom is 0.305 e. The second kappa shape index (κ2) is 4.96. The van der Waals surface area contributed by atoms with Crippen molar-refractivity contribution in [2.45, 2.75) is 26.7 Å². The summed E-state index contributed by atoms with van der Waals surface area (Å²) in [6.45, 7) is 3.32. The van der Waals surface area contributed by atoms with Gasteiger partial charge >= 0.3 is 5.97 Å². The van der Waals surface area contributed by atoms with Crippen molar-refractivity contribution in [3.63, 3.8) is 0 Å². The van der Waals surface area contributed by atoms with Gasteiger partial charge in [0.2, 0.25) is 0 Å². The number of anilines is 1. The van der Waals surface area contributed by atoms with E-state index in [2.05, 4.69) is 4.74 Å². The zero-order chi connectivity index (χ0) is 12.3. The van der Waals surface area contributed by atoms with E-state index in [1.165, 1.54) is 7.11 Å². The van der Waals surface area contributed by atoms with Crippen LogP contribution in [0, 0.1) is 19.7 Å². The van der Waals surface area contributed by atoms with Crippen LogP contribution in [0.4, 0.5) is 10.1 Å². The summed E-state index contributed by atoms with van der Waals surface area (Å²) >= 11 is 0. The molecule has 3 nitrogen and oxygen atoms in total. The number of hydrogen-bond donors (Lipinski definition) is 1. The number of carbonyl (C=O) groups excluding carboxylic acids is 1. The van der Waals surface area contributed by atoms with Crippen LogP contribution < -0.4 is 5.73 Å². The second-order valence-corrected chi connectivity index (χ2v) is 3.78. The fraction of sp³-hybridized carbons (Fsp3) is 0.417. The molecule has 2 N–H and O–H groups in total. The van der Waals surface area contributed by atoms with Crippen LogP contribution in [0.2, 0.25) is 0 Å². The molecule has 0 bridgehead atoms. The van der Waals surface area contributed by atoms with Crippen LogP contribution in [0.15, 0.2) is 6.07 Å². The minimum atomic E-state index is -0.293. The lowest BCUT2D eigenvalue weighted by Crippen LogP contribution is -2.06. The lowest BCUT2D eigenvalue weighted by Gasteiger charge is -2.11. The Labute approximate surface area is 94.4 Å². The number of esters is 1. The summed E-state index contributed by atoms with van der Waals surface area (Å²) in [6, 6.07) is 1.68. The highest BCUT2D eigenvalue weighted by molar-refractivity contribution is 5.70. The second-order valence-electron chi connectivity index (χ2n) is 3.78. The monoisotopic (exact) mass is 225 g/mol. The van der Waals surface area contributed by atoms with Crippen molar-refractivity contribution in [1.82, 2.24) is 0 Å². The number of halogens is 1. The Balaban J connectivity index is 2.93. The van der Waals surface area contributed by atoms with Gasteiger partial charge in [-0.3, -0.25) is 4.79 Å². The Morgan fingerprint density at radius 2 is 2.12 bits per heavy atom. The average molecular weight is 225 g/mol. The van der Waals surface area contributed by atoms with Gasteiger partial charge in [-0.1, -0.05) is 6.07 Å². The minimum absolute atomic E-state index is 0.255. The Morgan fingerprint density at radius 3 is 2.69 bits per heavy atom. The highest BCUT2D eigenvalue weighted by atomic mass is 19.1. The number of carbonyl (C=O) groups is 1. The van der Waals surface area contributed by atoms with Crippen molar-refractivity contribution in [1.29, 1.82) is 0 Å². The van der Waals surface area contributed by atoms with E-state index in [9.17, 15) is 9.18 Å². The molecule has 0 spiro atoms. The van der Waals surface area contributed by atoms with Gasteiger partial charge in [-0.25, -0.2) is 4.39 Å². The normalized spacial score (nSPS) is 10.2. The molecule has 88 valence electrons. The zero-order valence-electron chi connectivity index (χ0n) is 9.76. The number of hydrogen-bond acceptors (Lipinski definition) is 3. The molecule has 1 aromatic rings. The smallest absolute Gasteiger partial charge is 0.305 e. The number of ether oxygens (including phenoxy) is 1. The molecule has 1 rings (SSSR count). The van der Waals surface area contributed by atoms with Gasteiger partial charge in [0, 0.05) is 17.7 Å². The summed E-state index contributed by atoms with van der Waals surface area (Å²) in [5, 5.41) is 0. The molecule has 16 heavy (non-hydrogen) atoms. The third kappa shape index (κ3) is 2.51. The lowest BCUT2D eigenvalue weighted by molar-refractivity contribution is -0.140. The van der Waals surface area contributed by atoms with Gasteiger partial charge in [0.15, 0.2) is 0 Å². The van der Waals surface area contributed by atoms with E-state index >= 15 is 0 Å².